The summed E-state index contributed by atoms with van der Waals surface area (Å²) in [7, 11) is 0. The van der Waals surface area contributed by atoms with E-state index in [2.05, 4.69) is 15.9 Å². The van der Waals surface area contributed by atoms with Crippen molar-refractivity contribution in [2.75, 3.05) is 0 Å². The zero-order chi connectivity index (χ0) is 18.4. The maximum absolute atomic E-state index is 13.9. The van der Waals surface area contributed by atoms with Crippen molar-refractivity contribution in [2.45, 2.75) is 18.7 Å². The normalized spacial score (nSPS) is 10.5. The molecule has 0 fully saturated rings. The van der Waals surface area contributed by atoms with Crippen molar-refractivity contribution in [3.05, 3.63) is 94.2 Å². The van der Waals surface area contributed by atoms with Gasteiger partial charge in [-0.1, -0.05) is 52.3 Å². The summed E-state index contributed by atoms with van der Waals surface area (Å²) in [6, 6.07) is 17.5. The Morgan fingerprint density at radius 1 is 0.962 bits per heavy atom. The summed E-state index contributed by atoms with van der Waals surface area (Å²) in [6.07, 6.45) is 1.56. The Balaban J connectivity index is 1.62. The van der Waals surface area contributed by atoms with E-state index >= 15 is 0 Å². The van der Waals surface area contributed by atoms with Crippen molar-refractivity contribution in [3.8, 4) is 11.5 Å². The maximum atomic E-state index is 13.9. The summed E-state index contributed by atoms with van der Waals surface area (Å²) in [6.45, 7) is 0.300. The molecule has 0 atom stereocenters. The standard InChI is InChI=1S/C20H17BrFNO3/c21-12-16-6-7-19(18(22)10-16)26-14-23-9-8-17(11-20(23)24)25-13-15-4-2-1-3-5-15/h1-11H,12-14H2. The Morgan fingerprint density at radius 2 is 1.77 bits per heavy atom. The van der Waals surface area contributed by atoms with E-state index in [9.17, 15) is 9.18 Å². The average Bonchev–Trinajstić information content (AvgIpc) is 2.67. The number of ether oxygens (including phenoxy) is 2. The van der Waals surface area contributed by atoms with E-state index in [1.807, 2.05) is 30.3 Å². The Labute approximate surface area is 158 Å². The second kappa shape index (κ2) is 8.67. The molecule has 0 N–H and O–H groups in total. The highest BCUT2D eigenvalue weighted by atomic mass is 79.9. The van der Waals surface area contributed by atoms with Crippen LogP contribution in [0.2, 0.25) is 0 Å². The van der Waals surface area contributed by atoms with Crippen LogP contribution in [-0.2, 0) is 18.7 Å². The number of hydrogen-bond acceptors (Lipinski definition) is 3. The molecule has 0 bridgehead atoms. The number of hydrogen-bond donors (Lipinski definition) is 0. The van der Waals surface area contributed by atoms with Gasteiger partial charge in [0.05, 0.1) is 0 Å². The molecule has 6 heteroatoms. The van der Waals surface area contributed by atoms with Gasteiger partial charge in [-0.25, -0.2) is 4.39 Å². The van der Waals surface area contributed by atoms with Crippen LogP contribution in [0.1, 0.15) is 11.1 Å². The van der Waals surface area contributed by atoms with Gasteiger partial charge >= 0.3 is 0 Å². The van der Waals surface area contributed by atoms with E-state index < -0.39 is 5.82 Å². The lowest BCUT2D eigenvalue weighted by atomic mass is 10.2. The van der Waals surface area contributed by atoms with Gasteiger partial charge in [0.2, 0.25) is 0 Å². The molecule has 0 aliphatic carbocycles. The number of benzene rings is 2. The van der Waals surface area contributed by atoms with Crippen LogP contribution in [0, 0.1) is 5.82 Å². The van der Waals surface area contributed by atoms with E-state index in [4.69, 9.17) is 9.47 Å². The molecular formula is C20H17BrFNO3. The highest BCUT2D eigenvalue weighted by Crippen LogP contribution is 2.20. The van der Waals surface area contributed by atoms with E-state index in [-0.39, 0.29) is 18.0 Å². The first-order valence-electron chi connectivity index (χ1n) is 8.00. The van der Waals surface area contributed by atoms with Crippen LogP contribution < -0.4 is 15.0 Å². The molecule has 0 saturated carbocycles. The third-order valence-electron chi connectivity index (χ3n) is 3.73. The summed E-state index contributed by atoms with van der Waals surface area (Å²) < 4.78 is 26.3. The Bertz CT molecular complexity index is 928. The highest BCUT2D eigenvalue weighted by molar-refractivity contribution is 9.08. The van der Waals surface area contributed by atoms with Crippen LogP contribution in [0.4, 0.5) is 4.39 Å². The number of rotatable bonds is 7. The fourth-order valence-corrected chi connectivity index (χ4v) is 2.66. The smallest absolute Gasteiger partial charge is 0.256 e. The Kier molecular flexibility index (Phi) is 6.07. The van der Waals surface area contributed by atoms with Crippen molar-refractivity contribution in [2.24, 2.45) is 0 Å². The lowest BCUT2D eigenvalue weighted by Crippen LogP contribution is -2.21. The summed E-state index contributed by atoms with van der Waals surface area (Å²) >= 11 is 3.27. The molecule has 0 saturated heterocycles. The van der Waals surface area contributed by atoms with E-state index in [1.165, 1.54) is 16.7 Å². The van der Waals surface area contributed by atoms with Gasteiger partial charge in [0, 0.05) is 17.6 Å². The van der Waals surface area contributed by atoms with Gasteiger partial charge in [-0.2, -0.15) is 0 Å². The van der Waals surface area contributed by atoms with Crippen molar-refractivity contribution in [1.29, 1.82) is 0 Å². The fourth-order valence-electron chi connectivity index (χ4n) is 2.31. The second-order valence-corrected chi connectivity index (χ2v) is 6.18. The predicted octanol–water partition coefficient (Wildman–Crippen LogP) is 4.50. The van der Waals surface area contributed by atoms with Crippen LogP contribution in [0.3, 0.4) is 0 Å². The van der Waals surface area contributed by atoms with Crippen molar-refractivity contribution in [3.63, 3.8) is 0 Å². The SMILES string of the molecule is O=c1cc(OCc2ccccc2)ccn1COc1ccc(CBr)cc1F. The summed E-state index contributed by atoms with van der Waals surface area (Å²) in [5, 5.41) is 0.564. The maximum Gasteiger partial charge on any atom is 0.256 e. The Hall–Kier alpha value is -2.60. The molecule has 0 unspecified atom stereocenters. The van der Waals surface area contributed by atoms with Gasteiger partial charge in [0.1, 0.15) is 12.4 Å². The first-order chi connectivity index (χ1) is 12.7. The topological polar surface area (TPSA) is 40.5 Å². The van der Waals surface area contributed by atoms with Crippen LogP contribution in [-0.4, -0.2) is 4.57 Å². The minimum atomic E-state index is -0.460. The monoisotopic (exact) mass is 417 g/mol. The largest absolute Gasteiger partial charge is 0.489 e. The predicted molar refractivity (Wildman–Crippen MR) is 101 cm³/mol. The van der Waals surface area contributed by atoms with Crippen LogP contribution >= 0.6 is 15.9 Å². The van der Waals surface area contributed by atoms with Crippen molar-refractivity contribution in [1.82, 2.24) is 4.57 Å². The van der Waals surface area contributed by atoms with Crippen molar-refractivity contribution < 1.29 is 13.9 Å². The fraction of sp³-hybridized carbons (Fsp3) is 0.150. The number of aromatic nitrogens is 1. The van der Waals surface area contributed by atoms with Gasteiger partial charge in [-0.15, -0.1) is 0 Å². The molecule has 3 rings (SSSR count). The molecule has 1 aromatic heterocycles. The summed E-state index contributed by atoms with van der Waals surface area (Å²) in [5.74, 6) is 0.117. The van der Waals surface area contributed by atoms with E-state index in [0.29, 0.717) is 17.7 Å². The first-order valence-corrected chi connectivity index (χ1v) is 9.12. The number of alkyl halides is 1. The van der Waals surface area contributed by atoms with Gasteiger partial charge in [-0.3, -0.25) is 9.36 Å². The molecule has 0 aliphatic rings. The molecule has 0 radical (unpaired) electrons. The molecular weight excluding hydrogens is 401 g/mol. The molecule has 0 spiro atoms. The van der Waals surface area contributed by atoms with Gasteiger partial charge in [0.25, 0.3) is 5.56 Å². The van der Waals surface area contributed by atoms with Gasteiger partial charge in [0.15, 0.2) is 18.3 Å². The number of pyridine rings is 1. The van der Waals surface area contributed by atoms with Crippen LogP contribution in [0.5, 0.6) is 11.5 Å². The molecule has 4 nitrogen and oxygen atoms in total. The third kappa shape index (κ3) is 4.73. The number of halogens is 2. The third-order valence-corrected chi connectivity index (χ3v) is 4.37. The first kappa shape index (κ1) is 18.2. The van der Waals surface area contributed by atoms with Crippen LogP contribution in [0.25, 0.3) is 0 Å². The molecule has 2 aromatic carbocycles. The second-order valence-electron chi connectivity index (χ2n) is 5.62. The van der Waals surface area contributed by atoms with Crippen molar-refractivity contribution >= 4 is 15.9 Å². The number of nitrogens with zero attached hydrogens (tertiary/aromatic N) is 1. The van der Waals surface area contributed by atoms with E-state index in [1.54, 1.807) is 24.4 Å². The molecule has 3 aromatic rings. The summed E-state index contributed by atoms with van der Waals surface area (Å²) in [4.78, 5) is 12.2. The quantitative estimate of drug-likeness (QED) is 0.531. The Morgan fingerprint density at radius 3 is 2.46 bits per heavy atom. The molecule has 0 amide bonds. The minimum Gasteiger partial charge on any atom is -0.489 e. The molecule has 26 heavy (non-hydrogen) atoms. The average molecular weight is 418 g/mol. The molecule has 0 aliphatic heterocycles. The molecule has 134 valence electrons. The minimum absolute atomic E-state index is 0.0810. The lowest BCUT2D eigenvalue weighted by molar-refractivity contribution is 0.220. The van der Waals surface area contributed by atoms with Gasteiger partial charge in [-0.05, 0) is 29.3 Å². The van der Waals surface area contributed by atoms with E-state index in [0.717, 1.165) is 11.1 Å². The van der Waals surface area contributed by atoms with Gasteiger partial charge < -0.3 is 9.47 Å². The lowest BCUT2D eigenvalue weighted by Gasteiger charge is -2.11. The zero-order valence-electron chi connectivity index (χ0n) is 13.9. The molecule has 1 heterocycles. The highest BCUT2D eigenvalue weighted by Gasteiger charge is 2.06. The zero-order valence-corrected chi connectivity index (χ0v) is 15.5. The summed E-state index contributed by atoms with van der Waals surface area (Å²) in [5.41, 5.74) is 1.54. The van der Waals surface area contributed by atoms with Crippen LogP contribution in [0.15, 0.2) is 71.7 Å².